The first-order valence-corrected chi connectivity index (χ1v) is 9.67. The molecule has 1 atom stereocenters. The van der Waals surface area contributed by atoms with Crippen molar-refractivity contribution in [1.29, 1.82) is 0 Å². The number of thioether (sulfide) groups is 1. The van der Waals surface area contributed by atoms with Crippen LogP contribution in [0, 0.1) is 0 Å². The van der Waals surface area contributed by atoms with Gasteiger partial charge in [-0.25, -0.2) is 9.78 Å². The first-order valence-electron chi connectivity index (χ1n) is 8.41. The van der Waals surface area contributed by atoms with E-state index in [9.17, 15) is 9.59 Å². The number of rotatable bonds is 6. The van der Waals surface area contributed by atoms with Gasteiger partial charge in [-0.3, -0.25) is 10.1 Å². The van der Waals surface area contributed by atoms with Crippen LogP contribution in [0.5, 0.6) is 0 Å². The lowest BCUT2D eigenvalue weighted by Gasteiger charge is -2.13. The summed E-state index contributed by atoms with van der Waals surface area (Å²) in [6.45, 7) is 4.67. The molecule has 2 N–H and O–H groups in total. The van der Waals surface area contributed by atoms with Crippen molar-refractivity contribution in [3.63, 3.8) is 0 Å². The number of amides is 3. The van der Waals surface area contributed by atoms with Crippen LogP contribution in [0.4, 0.5) is 4.79 Å². The molecular weight excluding hydrogens is 360 g/mol. The molecule has 6 nitrogen and oxygen atoms in total. The van der Waals surface area contributed by atoms with Crippen LogP contribution in [0.25, 0.3) is 11.0 Å². The second-order valence-corrected chi connectivity index (χ2v) is 7.92. The van der Waals surface area contributed by atoms with Crippen molar-refractivity contribution < 1.29 is 9.59 Å². The van der Waals surface area contributed by atoms with Crippen LogP contribution in [0.1, 0.15) is 33.1 Å². The van der Waals surface area contributed by atoms with Crippen molar-refractivity contribution in [2.24, 2.45) is 0 Å². The van der Waals surface area contributed by atoms with Gasteiger partial charge in [0.1, 0.15) is 0 Å². The fourth-order valence-corrected chi connectivity index (χ4v) is 3.60. The standard InChI is InChI=1S/C17H21ClN4O2S/c1-3-8-22-14-7-4-11(18)9-13(14)20-17(22)25-10(2)15(23)21-16(24)19-12-5-6-12/h4,7,9-10,12H,3,5-6,8H2,1-2H3,(H2,19,21,23,24). The maximum atomic E-state index is 12.2. The Balaban J connectivity index is 1.72. The van der Waals surface area contributed by atoms with E-state index in [2.05, 4.69) is 27.1 Å². The quantitative estimate of drug-likeness (QED) is 0.751. The molecular formula is C17H21ClN4O2S. The molecule has 1 fully saturated rings. The van der Waals surface area contributed by atoms with Gasteiger partial charge in [-0.15, -0.1) is 0 Å². The molecule has 3 rings (SSSR count). The van der Waals surface area contributed by atoms with Gasteiger partial charge in [-0.05, 0) is 44.4 Å². The van der Waals surface area contributed by atoms with E-state index in [1.807, 2.05) is 18.2 Å². The number of halogens is 1. The summed E-state index contributed by atoms with van der Waals surface area (Å²) >= 11 is 7.40. The van der Waals surface area contributed by atoms with Crippen LogP contribution in [0.15, 0.2) is 23.4 Å². The third-order valence-corrected chi connectivity index (χ3v) is 5.25. The van der Waals surface area contributed by atoms with Gasteiger partial charge >= 0.3 is 6.03 Å². The molecule has 0 radical (unpaired) electrons. The molecule has 25 heavy (non-hydrogen) atoms. The number of nitrogens with zero attached hydrogens (tertiary/aromatic N) is 2. The lowest BCUT2D eigenvalue weighted by atomic mass is 10.3. The fraction of sp³-hybridized carbons (Fsp3) is 0.471. The maximum absolute atomic E-state index is 12.2. The molecule has 2 aromatic rings. The van der Waals surface area contributed by atoms with E-state index in [0.717, 1.165) is 42.0 Å². The number of urea groups is 1. The van der Waals surface area contributed by atoms with Gasteiger partial charge < -0.3 is 9.88 Å². The second kappa shape index (κ2) is 7.66. The number of imidazole rings is 1. The summed E-state index contributed by atoms with van der Waals surface area (Å²) in [5, 5.41) is 6.09. The molecule has 134 valence electrons. The first kappa shape index (κ1) is 18.1. The highest BCUT2D eigenvalue weighted by atomic mass is 35.5. The minimum absolute atomic E-state index is 0.217. The van der Waals surface area contributed by atoms with Gasteiger partial charge in [0.15, 0.2) is 5.16 Å². The molecule has 1 aromatic heterocycles. The Morgan fingerprint density at radius 3 is 2.88 bits per heavy atom. The molecule has 8 heteroatoms. The molecule has 1 heterocycles. The van der Waals surface area contributed by atoms with Crippen molar-refractivity contribution in [3.05, 3.63) is 23.2 Å². The molecule has 3 amide bonds. The highest BCUT2D eigenvalue weighted by Crippen LogP contribution is 2.29. The molecule has 0 aliphatic heterocycles. The third-order valence-electron chi connectivity index (χ3n) is 3.92. The normalized spacial score (nSPS) is 15.2. The smallest absolute Gasteiger partial charge is 0.321 e. The molecule has 1 aliphatic carbocycles. The van der Waals surface area contributed by atoms with Gasteiger partial charge in [0.05, 0.1) is 16.3 Å². The predicted octanol–water partition coefficient (Wildman–Crippen LogP) is 3.57. The molecule has 1 aliphatic rings. The number of aryl methyl sites for hydroxylation is 1. The number of nitrogens with one attached hydrogen (secondary N) is 2. The molecule has 1 unspecified atom stereocenters. The topological polar surface area (TPSA) is 76.0 Å². The monoisotopic (exact) mass is 380 g/mol. The number of carbonyl (C=O) groups is 2. The van der Waals surface area contributed by atoms with Gasteiger partial charge in [0, 0.05) is 17.6 Å². The summed E-state index contributed by atoms with van der Waals surface area (Å²) in [5.41, 5.74) is 1.80. The second-order valence-electron chi connectivity index (χ2n) is 6.18. The maximum Gasteiger partial charge on any atom is 0.321 e. The Kier molecular flexibility index (Phi) is 5.54. The largest absolute Gasteiger partial charge is 0.335 e. The minimum atomic E-state index is -0.437. The molecule has 0 spiro atoms. The fourth-order valence-electron chi connectivity index (χ4n) is 2.48. The molecule has 0 bridgehead atoms. The van der Waals surface area contributed by atoms with E-state index < -0.39 is 11.3 Å². The summed E-state index contributed by atoms with van der Waals surface area (Å²) < 4.78 is 2.09. The highest BCUT2D eigenvalue weighted by molar-refractivity contribution is 8.00. The Morgan fingerprint density at radius 1 is 1.44 bits per heavy atom. The SMILES string of the molecule is CCCn1c(SC(C)C(=O)NC(=O)NC2CC2)nc2cc(Cl)ccc21. The number of hydrogen-bond donors (Lipinski definition) is 2. The molecule has 1 aromatic carbocycles. The summed E-state index contributed by atoms with van der Waals surface area (Å²) in [4.78, 5) is 28.6. The zero-order valence-electron chi connectivity index (χ0n) is 14.2. The average molecular weight is 381 g/mol. The van der Waals surface area contributed by atoms with Crippen LogP contribution in [-0.4, -0.2) is 32.8 Å². The number of imide groups is 1. The number of carbonyl (C=O) groups excluding carboxylic acids is 2. The van der Waals surface area contributed by atoms with E-state index in [4.69, 9.17) is 11.6 Å². The number of benzene rings is 1. The Hall–Kier alpha value is -1.73. The number of hydrogen-bond acceptors (Lipinski definition) is 4. The lowest BCUT2D eigenvalue weighted by Crippen LogP contribution is -2.43. The van der Waals surface area contributed by atoms with Gasteiger partial charge in [0.25, 0.3) is 0 Å². The van der Waals surface area contributed by atoms with Gasteiger partial charge in [0.2, 0.25) is 5.91 Å². The molecule has 1 saturated carbocycles. The van der Waals surface area contributed by atoms with Gasteiger partial charge in [-0.1, -0.05) is 30.3 Å². The van der Waals surface area contributed by atoms with Crippen LogP contribution >= 0.6 is 23.4 Å². The van der Waals surface area contributed by atoms with E-state index >= 15 is 0 Å². The summed E-state index contributed by atoms with van der Waals surface area (Å²) in [7, 11) is 0. The summed E-state index contributed by atoms with van der Waals surface area (Å²) in [6, 6.07) is 5.40. The summed E-state index contributed by atoms with van der Waals surface area (Å²) in [5.74, 6) is -0.323. The van der Waals surface area contributed by atoms with Crippen LogP contribution < -0.4 is 10.6 Å². The van der Waals surface area contributed by atoms with Gasteiger partial charge in [-0.2, -0.15) is 0 Å². The van der Waals surface area contributed by atoms with Crippen molar-refractivity contribution >= 4 is 46.3 Å². The lowest BCUT2D eigenvalue weighted by molar-refractivity contribution is -0.119. The van der Waals surface area contributed by atoms with Crippen LogP contribution in [0.2, 0.25) is 5.02 Å². The summed E-state index contributed by atoms with van der Waals surface area (Å²) in [6.07, 6.45) is 2.91. The van der Waals surface area contributed by atoms with E-state index in [-0.39, 0.29) is 11.9 Å². The number of aromatic nitrogens is 2. The first-order chi connectivity index (χ1) is 12.0. The molecule has 0 saturated heterocycles. The third kappa shape index (κ3) is 4.46. The van der Waals surface area contributed by atoms with Crippen molar-refractivity contribution in [2.75, 3.05) is 0 Å². The van der Waals surface area contributed by atoms with E-state index in [1.54, 1.807) is 6.92 Å². The van der Waals surface area contributed by atoms with Crippen LogP contribution in [-0.2, 0) is 11.3 Å². The van der Waals surface area contributed by atoms with Crippen molar-refractivity contribution in [2.45, 2.75) is 56.1 Å². The Bertz CT molecular complexity index is 803. The minimum Gasteiger partial charge on any atom is -0.335 e. The highest BCUT2D eigenvalue weighted by Gasteiger charge is 2.26. The predicted molar refractivity (Wildman–Crippen MR) is 100 cm³/mol. The Morgan fingerprint density at radius 2 is 2.20 bits per heavy atom. The van der Waals surface area contributed by atoms with Crippen LogP contribution in [0.3, 0.4) is 0 Å². The van der Waals surface area contributed by atoms with E-state index in [0.29, 0.717) is 5.02 Å². The van der Waals surface area contributed by atoms with E-state index in [1.165, 1.54) is 11.8 Å². The average Bonchev–Trinajstić information content (AvgIpc) is 3.30. The van der Waals surface area contributed by atoms with Crippen molar-refractivity contribution in [1.82, 2.24) is 20.2 Å². The number of fused-ring (bicyclic) bond motifs is 1. The Labute approximate surface area is 155 Å². The van der Waals surface area contributed by atoms with Crippen molar-refractivity contribution in [3.8, 4) is 0 Å². The zero-order chi connectivity index (χ0) is 18.0. The zero-order valence-corrected chi connectivity index (χ0v) is 15.8.